The van der Waals surface area contributed by atoms with Crippen LogP contribution < -0.4 is 9.80 Å². The lowest BCUT2D eigenvalue weighted by molar-refractivity contribution is -0.137. The van der Waals surface area contributed by atoms with E-state index >= 15 is 0 Å². The topological polar surface area (TPSA) is 32.8 Å². The lowest BCUT2D eigenvalue weighted by Crippen LogP contribution is -2.18. The van der Waals surface area contributed by atoms with E-state index < -0.39 is 0 Å². The highest BCUT2D eigenvalue weighted by atomic mass is 16.5. The van der Waals surface area contributed by atoms with Crippen LogP contribution in [0.15, 0.2) is 48.6 Å². The zero-order valence-electron chi connectivity index (χ0n) is 16.1. The van der Waals surface area contributed by atoms with Crippen LogP contribution >= 0.6 is 0 Å². The van der Waals surface area contributed by atoms with E-state index in [4.69, 9.17) is 4.74 Å². The van der Waals surface area contributed by atoms with Gasteiger partial charge < -0.3 is 14.5 Å². The Balaban J connectivity index is 2.12. The number of hydrogen-bond donors (Lipinski definition) is 0. The summed E-state index contributed by atoms with van der Waals surface area (Å²) in [6.45, 7) is 3.44. The number of hydrogen-bond acceptors (Lipinski definition) is 4. The second-order valence-corrected chi connectivity index (χ2v) is 6.30. The van der Waals surface area contributed by atoms with Gasteiger partial charge in [0.15, 0.2) is 0 Å². The van der Waals surface area contributed by atoms with Crippen LogP contribution in [-0.4, -0.2) is 40.3 Å². The summed E-state index contributed by atoms with van der Waals surface area (Å²) >= 11 is 0. The second kappa shape index (κ2) is 12.2. The molecule has 0 aliphatic rings. The van der Waals surface area contributed by atoms with Gasteiger partial charge in [-0.3, -0.25) is 0 Å². The lowest BCUT2D eigenvalue weighted by atomic mass is 10.2. The van der Waals surface area contributed by atoms with Crippen LogP contribution in [0.1, 0.15) is 32.6 Å². The first-order valence-corrected chi connectivity index (χ1v) is 8.99. The Morgan fingerprint density at radius 1 is 0.960 bits per heavy atom. The van der Waals surface area contributed by atoms with Gasteiger partial charge >= 0.3 is 5.97 Å². The Morgan fingerprint density at radius 2 is 1.60 bits per heavy atom. The molecule has 0 fully saturated rings. The van der Waals surface area contributed by atoms with Crippen LogP contribution in [0.5, 0.6) is 0 Å². The van der Waals surface area contributed by atoms with E-state index in [0.29, 0.717) is 6.61 Å². The third-order valence-corrected chi connectivity index (χ3v) is 3.97. The Bertz CT molecular complexity index is 548. The van der Waals surface area contributed by atoms with Crippen LogP contribution in [0.25, 0.3) is 0 Å². The van der Waals surface area contributed by atoms with Gasteiger partial charge in [-0.2, -0.15) is 0 Å². The molecule has 0 saturated carbocycles. The molecule has 0 N–H and O–H groups in total. The van der Waals surface area contributed by atoms with E-state index in [-0.39, 0.29) is 5.97 Å². The first-order chi connectivity index (χ1) is 12.0. The number of carbonyl (C=O) groups is 1. The zero-order chi connectivity index (χ0) is 18.5. The fraction of sp³-hybridized carbons (Fsp3) is 0.476. The Hall–Kier alpha value is -2.23. The SMILES string of the molecule is C/C=C/C=C/C(=O)OCCCCCCN(C)c1ccc(N(C)C)cc1. The number of esters is 1. The largest absolute Gasteiger partial charge is 0.463 e. The van der Waals surface area contributed by atoms with E-state index in [2.05, 4.69) is 55.2 Å². The third-order valence-electron chi connectivity index (χ3n) is 3.97. The predicted molar refractivity (Wildman–Crippen MR) is 107 cm³/mol. The van der Waals surface area contributed by atoms with Crippen molar-refractivity contribution in [3.63, 3.8) is 0 Å². The zero-order valence-corrected chi connectivity index (χ0v) is 16.1. The van der Waals surface area contributed by atoms with Crippen molar-refractivity contribution in [3.05, 3.63) is 48.6 Å². The van der Waals surface area contributed by atoms with Crippen molar-refractivity contribution in [3.8, 4) is 0 Å². The van der Waals surface area contributed by atoms with Gasteiger partial charge in [-0.05, 0) is 50.5 Å². The molecule has 0 radical (unpaired) electrons. The molecule has 1 aromatic rings. The van der Waals surface area contributed by atoms with Crippen molar-refractivity contribution in [1.82, 2.24) is 0 Å². The first kappa shape index (κ1) is 20.8. The fourth-order valence-corrected chi connectivity index (χ4v) is 2.41. The van der Waals surface area contributed by atoms with Gasteiger partial charge in [-0.1, -0.05) is 24.6 Å². The summed E-state index contributed by atoms with van der Waals surface area (Å²) in [5.41, 5.74) is 2.46. The molecule has 1 aromatic carbocycles. The van der Waals surface area contributed by atoms with Gasteiger partial charge in [0.1, 0.15) is 0 Å². The Morgan fingerprint density at radius 3 is 2.24 bits per heavy atom. The molecule has 4 heteroatoms. The summed E-state index contributed by atoms with van der Waals surface area (Å²) in [5, 5.41) is 0. The standard InChI is InChI=1S/C21H32N2O2/c1-5-6-9-12-21(24)25-18-11-8-7-10-17-23(4)20-15-13-19(14-16-20)22(2)3/h5-6,9,12-16H,7-8,10-11,17-18H2,1-4H3/b6-5+,12-9+. The van der Waals surface area contributed by atoms with Gasteiger partial charge in [0.2, 0.25) is 0 Å². The molecular formula is C21H32N2O2. The molecule has 0 spiro atoms. The maximum absolute atomic E-state index is 11.4. The smallest absolute Gasteiger partial charge is 0.330 e. The van der Waals surface area contributed by atoms with Gasteiger partial charge in [0.25, 0.3) is 0 Å². The van der Waals surface area contributed by atoms with Crippen molar-refractivity contribution in [2.45, 2.75) is 32.6 Å². The van der Waals surface area contributed by atoms with Crippen LogP contribution in [0.3, 0.4) is 0 Å². The van der Waals surface area contributed by atoms with E-state index in [0.717, 1.165) is 32.2 Å². The minimum Gasteiger partial charge on any atom is -0.463 e. The minimum atomic E-state index is -0.265. The van der Waals surface area contributed by atoms with Crippen LogP contribution in [0, 0.1) is 0 Å². The third kappa shape index (κ3) is 8.99. The summed E-state index contributed by atoms with van der Waals surface area (Å²) in [5.74, 6) is -0.265. The average Bonchev–Trinajstić information content (AvgIpc) is 2.61. The van der Waals surface area contributed by atoms with E-state index in [9.17, 15) is 4.79 Å². The Labute approximate surface area is 152 Å². The maximum Gasteiger partial charge on any atom is 0.330 e. The van der Waals surface area contributed by atoms with Crippen molar-refractivity contribution in [2.24, 2.45) is 0 Å². The first-order valence-electron chi connectivity index (χ1n) is 8.99. The van der Waals surface area contributed by atoms with Crippen molar-refractivity contribution in [1.29, 1.82) is 0 Å². The van der Waals surface area contributed by atoms with Gasteiger partial charge in [0, 0.05) is 45.1 Å². The molecule has 4 nitrogen and oxygen atoms in total. The summed E-state index contributed by atoms with van der Waals surface area (Å²) in [4.78, 5) is 15.8. The minimum absolute atomic E-state index is 0.265. The highest BCUT2D eigenvalue weighted by Gasteiger charge is 2.02. The second-order valence-electron chi connectivity index (χ2n) is 6.30. The van der Waals surface area contributed by atoms with Crippen LogP contribution in [-0.2, 0) is 9.53 Å². The van der Waals surface area contributed by atoms with Gasteiger partial charge in [-0.25, -0.2) is 4.79 Å². The Kier molecular flexibility index (Phi) is 10.1. The molecule has 1 rings (SSSR count). The summed E-state index contributed by atoms with van der Waals surface area (Å²) in [6.07, 6.45) is 11.1. The van der Waals surface area contributed by atoms with Crippen LogP contribution in [0.4, 0.5) is 11.4 Å². The number of carbonyl (C=O) groups excluding carboxylic acids is 1. The normalized spacial score (nSPS) is 11.2. The van der Waals surface area contributed by atoms with Gasteiger partial charge in [0.05, 0.1) is 6.61 Å². The molecule has 138 valence electrons. The molecule has 0 aliphatic heterocycles. The van der Waals surface area contributed by atoms with E-state index in [1.807, 2.05) is 19.1 Å². The molecule has 0 heterocycles. The molecule has 0 aliphatic carbocycles. The lowest BCUT2D eigenvalue weighted by Gasteiger charge is -2.20. The molecule has 0 atom stereocenters. The average molecular weight is 344 g/mol. The highest BCUT2D eigenvalue weighted by Crippen LogP contribution is 2.19. The number of allylic oxidation sites excluding steroid dienone is 3. The molecule has 0 aromatic heterocycles. The summed E-state index contributed by atoms with van der Waals surface area (Å²) < 4.78 is 5.14. The van der Waals surface area contributed by atoms with Crippen LogP contribution in [0.2, 0.25) is 0 Å². The number of nitrogens with zero attached hydrogens (tertiary/aromatic N) is 2. The van der Waals surface area contributed by atoms with E-state index in [1.165, 1.54) is 17.5 Å². The number of benzene rings is 1. The number of ether oxygens (including phenoxy) is 1. The number of unbranched alkanes of at least 4 members (excludes halogenated alkanes) is 3. The molecular weight excluding hydrogens is 312 g/mol. The van der Waals surface area contributed by atoms with Crippen molar-refractivity contribution < 1.29 is 9.53 Å². The summed E-state index contributed by atoms with van der Waals surface area (Å²) in [7, 11) is 6.23. The number of rotatable bonds is 11. The number of anilines is 2. The monoisotopic (exact) mass is 344 g/mol. The predicted octanol–water partition coefficient (Wildman–Crippen LogP) is 4.42. The van der Waals surface area contributed by atoms with Gasteiger partial charge in [-0.15, -0.1) is 0 Å². The molecule has 0 amide bonds. The van der Waals surface area contributed by atoms with Crippen molar-refractivity contribution in [2.75, 3.05) is 44.1 Å². The van der Waals surface area contributed by atoms with E-state index in [1.54, 1.807) is 6.08 Å². The molecule has 0 bridgehead atoms. The highest BCUT2D eigenvalue weighted by molar-refractivity contribution is 5.82. The molecule has 0 saturated heterocycles. The summed E-state index contributed by atoms with van der Waals surface area (Å²) in [6, 6.07) is 8.61. The molecule has 25 heavy (non-hydrogen) atoms. The maximum atomic E-state index is 11.4. The van der Waals surface area contributed by atoms with Crippen molar-refractivity contribution >= 4 is 17.3 Å². The quantitative estimate of drug-likeness (QED) is 0.257. The fourth-order valence-electron chi connectivity index (χ4n) is 2.41. The molecule has 0 unspecified atom stereocenters.